The van der Waals surface area contributed by atoms with Gasteiger partial charge in [-0.1, -0.05) is 24.3 Å². The highest BCUT2D eigenvalue weighted by Gasteiger charge is 2.29. The Morgan fingerprint density at radius 3 is 2.12 bits per heavy atom. The summed E-state index contributed by atoms with van der Waals surface area (Å²) in [5.74, 6) is 0. The molecular weight excluding hydrogens is 318 g/mol. The molecule has 0 spiro atoms. The molecule has 1 saturated heterocycles. The largest absolute Gasteiger partial charge is 0.444 e. The summed E-state index contributed by atoms with van der Waals surface area (Å²) >= 11 is 0. The van der Waals surface area contributed by atoms with Crippen molar-refractivity contribution in [3.8, 4) is 0 Å². The van der Waals surface area contributed by atoms with Gasteiger partial charge in [0, 0.05) is 32.2 Å². The van der Waals surface area contributed by atoms with Gasteiger partial charge in [-0.25, -0.2) is 9.59 Å². The number of piperidine rings is 1. The third-order valence-corrected chi connectivity index (χ3v) is 4.60. The lowest BCUT2D eigenvalue weighted by atomic mass is 10.1. The lowest BCUT2D eigenvalue weighted by Gasteiger charge is -2.34. The molecule has 25 heavy (non-hydrogen) atoms. The van der Waals surface area contributed by atoms with E-state index < -0.39 is 5.60 Å². The number of carbonyl (C=O) groups excluding carboxylic acids is 2. The number of hydrogen-bond acceptors (Lipinski definition) is 3. The van der Waals surface area contributed by atoms with Crippen LogP contribution in [0.1, 0.15) is 44.7 Å². The number of nitrogens with one attached hydrogen (secondary N) is 1. The van der Waals surface area contributed by atoms with E-state index in [1.807, 2.05) is 37.8 Å². The molecule has 0 radical (unpaired) electrons. The van der Waals surface area contributed by atoms with E-state index in [-0.39, 0.29) is 18.2 Å². The lowest BCUT2D eigenvalue weighted by molar-refractivity contribution is 0.0200. The van der Waals surface area contributed by atoms with Gasteiger partial charge in [0.05, 0.1) is 0 Å². The molecular formula is C19H27N3O3. The van der Waals surface area contributed by atoms with E-state index in [9.17, 15) is 9.59 Å². The summed E-state index contributed by atoms with van der Waals surface area (Å²) in [6, 6.07) is 8.24. The summed E-state index contributed by atoms with van der Waals surface area (Å²) in [4.78, 5) is 28.1. The van der Waals surface area contributed by atoms with Crippen LogP contribution in [0.3, 0.4) is 0 Å². The Morgan fingerprint density at radius 1 is 1.04 bits per heavy atom. The number of hydrogen-bond donors (Lipinski definition) is 1. The number of benzene rings is 1. The Hall–Kier alpha value is -2.24. The number of amides is 3. The standard InChI is InChI=1S/C19H27N3O3/c1-19(2,3)25-18(24)21-10-8-16(9-11-21)20-17(23)22-12-14-6-4-5-7-15(14)13-22/h4-7,16H,8-13H2,1-3H3,(H,20,23). The first kappa shape index (κ1) is 17.6. The lowest BCUT2D eigenvalue weighted by Crippen LogP contribution is -2.50. The number of carbonyl (C=O) groups is 2. The van der Waals surface area contributed by atoms with Crippen LogP contribution in [0.4, 0.5) is 9.59 Å². The molecule has 2 aliphatic heterocycles. The average Bonchev–Trinajstić information content (AvgIpc) is 2.98. The number of urea groups is 1. The second-order valence-corrected chi connectivity index (χ2v) is 7.82. The van der Waals surface area contributed by atoms with E-state index in [2.05, 4.69) is 17.4 Å². The molecule has 1 aromatic carbocycles. The van der Waals surface area contributed by atoms with Gasteiger partial charge in [-0.05, 0) is 44.7 Å². The van der Waals surface area contributed by atoms with Crippen molar-refractivity contribution in [1.82, 2.24) is 15.1 Å². The Labute approximate surface area is 149 Å². The van der Waals surface area contributed by atoms with E-state index in [1.165, 1.54) is 11.1 Å². The molecule has 0 aliphatic carbocycles. The van der Waals surface area contributed by atoms with Gasteiger partial charge in [0.2, 0.25) is 0 Å². The first-order valence-corrected chi connectivity index (χ1v) is 8.92. The van der Waals surface area contributed by atoms with Crippen molar-refractivity contribution >= 4 is 12.1 Å². The average molecular weight is 345 g/mol. The van der Waals surface area contributed by atoms with E-state index in [4.69, 9.17) is 4.74 Å². The van der Waals surface area contributed by atoms with Gasteiger partial charge >= 0.3 is 12.1 Å². The Morgan fingerprint density at radius 2 is 1.60 bits per heavy atom. The molecule has 1 N–H and O–H groups in total. The van der Waals surface area contributed by atoms with E-state index >= 15 is 0 Å². The second-order valence-electron chi connectivity index (χ2n) is 7.82. The maximum Gasteiger partial charge on any atom is 0.410 e. The number of fused-ring (bicyclic) bond motifs is 1. The van der Waals surface area contributed by atoms with Crippen molar-refractivity contribution in [1.29, 1.82) is 0 Å². The molecule has 3 amide bonds. The maximum absolute atomic E-state index is 12.5. The normalized spacial score (nSPS) is 18.0. The minimum absolute atomic E-state index is 0.0214. The summed E-state index contributed by atoms with van der Waals surface area (Å²) in [6.45, 7) is 8.15. The minimum Gasteiger partial charge on any atom is -0.444 e. The van der Waals surface area contributed by atoms with Crippen LogP contribution in [0, 0.1) is 0 Å². The van der Waals surface area contributed by atoms with E-state index in [0.29, 0.717) is 26.2 Å². The van der Waals surface area contributed by atoms with Gasteiger partial charge in [-0.15, -0.1) is 0 Å². The van der Waals surface area contributed by atoms with Crippen LogP contribution in [0.25, 0.3) is 0 Å². The third kappa shape index (κ3) is 4.44. The van der Waals surface area contributed by atoms with Crippen LogP contribution in [0.5, 0.6) is 0 Å². The molecule has 0 bridgehead atoms. The van der Waals surface area contributed by atoms with Crippen LogP contribution in [-0.2, 0) is 17.8 Å². The molecule has 0 atom stereocenters. The molecule has 2 aliphatic rings. The predicted octanol–water partition coefficient (Wildman–Crippen LogP) is 3.11. The third-order valence-electron chi connectivity index (χ3n) is 4.60. The van der Waals surface area contributed by atoms with Crippen molar-refractivity contribution in [2.75, 3.05) is 13.1 Å². The Kier molecular flexibility index (Phi) is 4.88. The monoisotopic (exact) mass is 345 g/mol. The maximum atomic E-state index is 12.5. The van der Waals surface area contributed by atoms with Crippen LogP contribution in [-0.4, -0.2) is 46.7 Å². The van der Waals surface area contributed by atoms with Gasteiger partial charge in [-0.2, -0.15) is 0 Å². The van der Waals surface area contributed by atoms with Crippen molar-refractivity contribution in [3.63, 3.8) is 0 Å². The van der Waals surface area contributed by atoms with Gasteiger partial charge < -0.3 is 19.9 Å². The van der Waals surface area contributed by atoms with Crippen LogP contribution in [0.15, 0.2) is 24.3 Å². The summed E-state index contributed by atoms with van der Waals surface area (Å²) in [5.41, 5.74) is 1.96. The molecule has 0 aromatic heterocycles. The van der Waals surface area contributed by atoms with Crippen molar-refractivity contribution in [3.05, 3.63) is 35.4 Å². The van der Waals surface area contributed by atoms with Gasteiger partial charge in [0.15, 0.2) is 0 Å². The zero-order chi connectivity index (χ0) is 18.0. The zero-order valence-electron chi connectivity index (χ0n) is 15.2. The van der Waals surface area contributed by atoms with Gasteiger partial charge in [-0.3, -0.25) is 0 Å². The quantitative estimate of drug-likeness (QED) is 0.851. The first-order chi connectivity index (χ1) is 11.8. The van der Waals surface area contributed by atoms with Crippen molar-refractivity contribution in [2.45, 2.75) is 58.3 Å². The van der Waals surface area contributed by atoms with Gasteiger partial charge in [0.1, 0.15) is 5.60 Å². The predicted molar refractivity (Wildman–Crippen MR) is 95.0 cm³/mol. The second kappa shape index (κ2) is 6.94. The molecule has 136 valence electrons. The fraction of sp³-hybridized carbons (Fsp3) is 0.579. The van der Waals surface area contributed by atoms with Gasteiger partial charge in [0.25, 0.3) is 0 Å². The van der Waals surface area contributed by atoms with E-state index in [1.54, 1.807) is 4.90 Å². The molecule has 2 heterocycles. The number of nitrogens with zero attached hydrogens (tertiary/aromatic N) is 2. The molecule has 6 nitrogen and oxygen atoms in total. The highest BCUT2D eigenvalue weighted by Crippen LogP contribution is 2.22. The van der Waals surface area contributed by atoms with Crippen LogP contribution >= 0.6 is 0 Å². The molecule has 1 fully saturated rings. The Bertz CT molecular complexity index is 621. The fourth-order valence-electron chi connectivity index (χ4n) is 3.28. The summed E-state index contributed by atoms with van der Waals surface area (Å²) in [6.07, 6.45) is 1.24. The zero-order valence-corrected chi connectivity index (χ0v) is 15.2. The molecule has 3 rings (SSSR count). The highest BCUT2D eigenvalue weighted by atomic mass is 16.6. The first-order valence-electron chi connectivity index (χ1n) is 8.92. The van der Waals surface area contributed by atoms with Crippen molar-refractivity contribution in [2.24, 2.45) is 0 Å². The SMILES string of the molecule is CC(C)(C)OC(=O)N1CCC(NC(=O)N2Cc3ccccc3C2)CC1. The highest BCUT2D eigenvalue weighted by molar-refractivity contribution is 5.75. The number of likely N-dealkylation sites (tertiary alicyclic amines) is 1. The summed E-state index contributed by atoms with van der Waals surface area (Å²) in [5, 5.41) is 3.11. The van der Waals surface area contributed by atoms with Crippen molar-refractivity contribution < 1.29 is 14.3 Å². The number of rotatable bonds is 1. The van der Waals surface area contributed by atoms with Crippen LogP contribution in [0.2, 0.25) is 0 Å². The van der Waals surface area contributed by atoms with E-state index in [0.717, 1.165) is 12.8 Å². The summed E-state index contributed by atoms with van der Waals surface area (Å²) in [7, 11) is 0. The van der Waals surface area contributed by atoms with Crippen LogP contribution < -0.4 is 5.32 Å². The Balaban J connectivity index is 1.45. The molecule has 0 unspecified atom stereocenters. The molecule has 0 saturated carbocycles. The molecule has 1 aromatic rings. The smallest absolute Gasteiger partial charge is 0.410 e. The minimum atomic E-state index is -0.479. The topological polar surface area (TPSA) is 61.9 Å². The fourth-order valence-corrected chi connectivity index (χ4v) is 3.28. The molecule has 6 heteroatoms. The summed E-state index contributed by atoms with van der Waals surface area (Å²) < 4.78 is 5.40. The number of ether oxygens (including phenoxy) is 1.